The zero-order valence-electron chi connectivity index (χ0n) is 21.4. The number of hydrogen-bond donors (Lipinski definition) is 1. The van der Waals surface area contributed by atoms with Gasteiger partial charge in [-0.15, -0.1) is 0 Å². The first-order valence-corrected chi connectivity index (χ1v) is 12.7. The lowest BCUT2D eigenvalue weighted by Gasteiger charge is -2.37. The Bertz CT molecular complexity index is 1470. The molecule has 1 aliphatic heterocycles. The van der Waals surface area contributed by atoms with Crippen molar-refractivity contribution in [2.45, 2.75) is 38.6 Å². The molecule has 4 aromatic carbocycles. The summed E-state index contributed by atoms with van der Waals surface area (Å²) in [5, 5.41) is 10.2. The molecule has 5 rings (SSSR count). The van der Waals surface area contributed by atoms with E-state index >= 15 is 0 Å². The number of ether oxygens (including phenoxy) is 2. The summed E-state index contributed by atoms with van der Waals surface area (Å²) in [5.74, 6) is -1.76. The Morgan fingerprint density at radius 1 is 0.949 bits per heavy atom. The van der Waals surface area contributed by atoms with Gasteiger partial charge in [0.2, 0.25) is 6.10 Å². The van der Waals surface area contributed by atoms with Gasteiger partial charge in [-0.25, -0.2) is 9.18 Å². The summed E-state index contributed by atoms with van der Waals surface area (Å²) in [4.78, 5) is 27.8. The highest BCUT2D eigenvalue weighted by atomic mass is 19.1. The van der Waals surface area contributed by atoms with Crippen LogP contribution in [0.2, 0.25) is 0 Å². The molecule has 0 saturated heterocycles. The van der Waals surface area contributed by atoms with E-state index in [0.29, 0.717) is 17.9 Å². The number of rotatable bonds is 8. The molecule has 1 heterocycles. The van der Waals surface area contributed by atoms with Gasteiger partial charge >= 0.3 is 5.97 Å². The monoisotopic (exact) mass is 525 g/mol. The van der Waals surface area contributed by atoms with Crippen molar-refractivity contribution in [1.82, 2.24) is 4.90 Å². The first-order valence-electron chi connectivity index (χ1n) is 12.7. The quantitative estimate of drug-likeness (QED) is 0.311. The van der Waals surface area contributed by atoms with Gasteiger partial charge in [-0.05, 0) is 35.7 Å². The van der Waals surface area contributed by atoms with E-state index in [2.05, 4.69) is 0 Å². The maximum absolute atomic E-state index is 14.5. The van der Waals surface area contributed by atoms with E-state index in [1.165, 1.54) is 23.1 Å². The molecular weight excluding hydrogens is 497 g/mol. The minimum atomic E-state index is -1.23. The third-order valence-corrected chi connectivity index (χ3v) is 6.87. The lowest BCUT2D eigenvalue weighted by atomic mass is 9.90. The van der Waals surface area contributed by atoms with E-state index in [1.54, 1.807) is 36.4 Å². The minimum Gasteiger partial charge on any atom is -0.488 e. The summed E-state index contributed by atoms with van der Waals surface area (Å²) < 4.78 is 26.6. The van der Waals surface area contributed by atoms with Crippen molar-refractivity contribution in [3.8, 4) is 11.5 Å². The molecule has 6 nitrogen and oxygen atoms in total. The number of carboxylic acid groups (broad SMARTS) is 1. The molecule has 0 radical (unpaired) electrons. The lowest BCUT2D eigenvalue weighted by Crippen LogP contribution is -2.51. The topological polar surface area (TPSA) is 76.1 Å². The van der Waals surface area contributed by atoms with E-state index in [4.69, 9.17) is 9.47 Å². The van der Waals surface area contributed by atoms with Gasteiger partial charge in [-0.3, -0.25) is 4.79 Å². The standard InChI is InChI=1S/C32H28FNO5/c1-21-16-17-24-19-34(27(32(36)37)18-25(24)29(21)38-20-22-10-4-2-5-11-22)31(35)30(23-12-6-3-7-13-23)39-28-15-9-8-14-26(28)33/h2-17,27,30H,18-20H2,1H3,(H,36,37)/t27-,30+/m1/s1. The van der Waals surface area contributed by atoms with Gasteiger partial charge < -0.3 is 19.5 Å². The largest absolute Gasteiger partial charge is 0.488 e. The minimum absolute atomic E-state index is 0.0527. The van der Waals surface area contributed by atoms with E-state index in [-0.39, 0.29) is 18.7 Å². The van der Waals surface area contributed by atoms with Crippen LogP contribution in [0.5, 0.6) is 11.5 Å². The van der Waals surface area contributed by atoms with Crippen LogP contribution in [0, 0.1) is 12.7 Å². The van der Waals surface area contributed by atoms with Crippen LogP contribution in [0.1, 0.15) is 33.9 Å². The van der Waals surface area contributed by atoms with Crippen molar-refractivity contribution in [3.63, 3.8) is 0 Å². The number of fused-ring (bicyclic) bond motifs is 1. The molecule has 39 heavy (non-hydrogen) atoms. The van der Waals surface area contributed by atoms with Crippen molar-refractivity contribution < 1.29 is 28.6 Å². The number of halogens is 1. The molecule has 0 aromatic heterocycles. The third kappa shape index (κ3) is 5.62. The fourth-order valence-electron chi connectivity index (χ4n) is 4.84. The van der Waals surface area contributed by atoms with Crippen LogP contribution in [-0.2, 0) is 29.2 Å². The number of carboxylic acids is 1. The van der Waals surface area contributed by atoms with Crippen LogP contribution < -0.4 is 9.47 Å². The van der Waals surface area contributed by atoms with Crippen LogP contribution >= 0.6 is 0 Å². The van der Waals surface area contributed by atoms with Crippen molar-refractivity contribution in [3.05, 3.63) is 131 Å². The number of hydrogen-bond acceptors (Lipinski definition) is 4. The number of carbonyl (C=O) groups is 2. The number of nitrogens with zero attached hydrogens (tertiary/aromatic N) is 1. The molecule has 1 N–H and O–H groups in total. The van der Waals surface area contributed by atoms with Gasteiger partial charge in [0.15, 0.2) is 11.6 Å². The smallest absolute Gasteiger partial charge is 0.326 e. The number of benzene rings is 4. The third-order valence-electron chi connectivity index (χ3n) is 6.87. The number of carbonyl (C=O) groups excluding carboxylic acids is 1. The first-order chi connectivity index (χ1) is 18.9. The van der Waals surface area contributed by atoms with E-state index in [0.717, 1.165) is 22.3 Å². The Hall–Kier alpha value is -4.65. The van der Waals surface area contributed by atoms with E-state index < -0.39 is 29.8 Å². The second-order valence-electron chi connectivity index (χ2n) is 9.49. The summed E-state index contributed by atoms with van der Waals surface area (Å²) in [6.45, 7) is 2.31. The number of aliphatic carboxylic acids is 1. The highest BCUT2D eigenvalue weighted by Crippen LogP contribution is 2.36. The normalized spacial score (nSPS) is 15.2. The average molecular weight is 526 g/mol. The number of para-hydroxylation sites is 1. The van der Waals surface area contributed by atoms with E-state index in [9.17, 15) is 19.1 Å². The molecule has 0 unspecified atom stereocenters. The summed E-state index contributed by atoms with van der Waals surface area (Å²) >= 11 is 0. The molecule has 0 saturated carbocycles. The zero-order chi connectivity index (χ0) is 27.4. The fraction of sp³-hybridized carbons (Fsp3) is 0.188. The molecule has 0 bridgehead atoms. The second-order valence-corrected chi connectivity index (χ2v) is 9.49. The van der Waals surface area contributed by atoms with Crippen LogP contribution in [-0.4, -0.2) is 27.9 Å². The summed E-state index contributed by atoms with van der Waals surface area (Å²) in [6, 6.07) is 26.9. The zero-order valence-corrected chi connectivity index (χ0v) is 21.4. The van der Waals surface area contributed by atoms with Crippen molar-refractivity contribution in [2.75, 3.05) is 0 Å². The van der Waals surface area contributed by atoms with Gasteiger partial charge in [-0.1, -0.05) is 84.9 Å². The Balaban J connectivity index is 1.48. The molecule has 0 aliphatic carbocycles. The van der Waals surface area contributed by atoms with Crippen LogP contribution in [0.3, 0.4) is 0 Å². The Morgan fingerprint density at radius 2 is 1.62 bits per heavy atom. The Labute approximate surface area is 226 Å². The van der Waals surface area contributed by atoms with Gasteiger partial charge in [0.1, 0.15) is 18.4 Å². The summed E-state index contributed by atoms with van der Waals surface area (Å²) in [7, 11) is 0. The first kappa shape index (κ1) is 26.0. The number of aryl methyl sites for hydroxylation is 1. The maximum atomic E-state index is 14.5. The summed E-state index contributed by atoms with van der Waals surface area (Å²) in [5.41, 5.74) is 3.95. The van der Waals surface area contributed by atoms with Crippen molar-refractivity contribution in [2.24, 2.45) is 0 Å². The second kappa shape index (κ2) is 11.4. The van der Waals surface area contributed by atoms with Gasteiger partial charge in [0.25, 0.3) is 5.91 Å². The molecule has 4 aromatic rings. The molecule has 0 spiro atoms. The molecule has 2 atom stereocenters. The average Bonchev–Trinajstić information content (AvgIpc) is 2.96. The van der Waals surface area contributed by atoms with Gasteiger partial charge in [-0.2, -0.15) is 0 Å². The molecule has 1 amide bonds. The molecule has 198 valence electrons. The van der Waals surface area contributed by atoms with Gasteiger partial charge in [0, 0.05) is 24.1 Å². The fourth-order valence-corrected chi connectivity index (χ4v) is 4.84. The van der Waals surface area contributed by atoms with Gasteiger partial charge in [0.05, 0.1) is 0 Å². The van der Waals surface area contributed by atoms with Crippen LogP contribution in [0.15, 0.2) is 97.1 Å². The molecule has 1 aliphatic rings. The van der Waals surface area contributed by atoms with Crippen molar-refractivity contribution >= 4 is 11.9 Å². The predicted molar refractivity (Wildman–Crippen MR) is 144 cm³/mol. The lowest BCUT2D eigenvalue weighted by molar-refractivity contribution is -0.155. The highest BCUT2D eigenvalue weighted by Gasteiger charge is 2.40. The summed E-state index contributed by atoms with van der Waals surface area (Å²) in [6.07, 6.45) is -1.16. The highest BCUT2D eigenvalue weighted by molar-refractivity contribution is 5.88. The van der Waals surface area contributed by atoms with Crippen molar-refractivity contribution in [1.29, 1.82) is 0 Å². The van der Waals surface area contributed by atoms with Crippen LogP contribution in [0.4, 0.5) is 4.39 Å². The molecule has 7 heteroatoms. The molecule has 0 fully saturated rings. The predicted octanol–water partition coefficient (Wildman–Crippen LogP) is 5.87. The Morgan fingerprint density at radius 3 is 2.31 bits per heavy atom. The molecular formula is C32H28FNO5. The SMILES string of the molecule is Cc1ccc2c(c1OCc1ccccc1)C[C@H](C(=O)O)N(C(=O)[C@@H](Oc1ccccc1F)c1ccccc1)C2. The maximum Gasteiger partial charge on any atom is 0.326 e. The van der Waals surface area contributed by atoms with Crippen LogP contribution in [0.25, 0.3) is 0 Å². The van der Waals surface area contributed by atoms with E-state index in [1.807, 2.05) is 49.4 Å². The Kier molecular flexibility index (Phi) is 7.59. The number of amides is 1.